The van der Waals surface area contributed by atoms with Gasteiger partial charge in [0.1, 0.15) is 0 Å². The van der Waals surface area contributed by atoms with E-state index in [1.54, 1.807) is 0 Å². The molecule has 0 aromatic heterocycles. The molecule has 0 aliphatic heterocycles. The lowest BCUT2D eigenvalue weighted by atomic mass is 9.95. The standard InChI is InChI=1S/C32H29I/c33-23-22-27-16-14-25(15-17-27)9-8-24-10-12-26(13-11-24)18-19-29-5-3-7-32-30-6-2-1-4-28(30)20-21-31(29)32/h1-7,10-17,20-21H,8-9,18-19,22-23H2. The molecule has 33 heavy (non-hydrogen) atoms. The molecule has 0 atom stereocenters. The first-order chi connectivity index (χ1) is 16.3. The van der Waals surface area contributed by atoms with Crippen LogP contribution in [0.1, 0.15) is 27.8 Å². The molecule has 164 valence electrons. The van der Waals surface area contributed by atoms with Gasteiger partial charge in [0.05, 0.1) is 0 Å². The second-order valence-electron chi connectivity index (χ2n) is 8.87. The molecular formula is C32H29I. The van der Waals surface area contributed by atoms with E-state index >= 15 is 0 Å². The fourth-order valence-electron chi connectivity index (χ4n) is 4.75. The van der Waals surface area contributed by atoms with Crippen LogP contribution in [0.15, 0.2) is 103 Å². The van der Waals surface area contributed by atoms with Gasteiger partial charge in [-0.3, -0.25) is 0 Å². The third kappa shape index (κ3) is 5.30. The summed E-state index contributed by atoms with van der Waals surface area (Å²) in [6.07, 6.45) is 5.51. The summed E-state index contributed by atoms with van der Waals surface area (Å²) in [6.45, 7) is 0. The molecule has 0 saturated heterocycles. The zero-order valence-electron chi connectivity index (χ0n) is 18.9. The van der Waals surface area contributed by atoms with Gasteiger partial charge in [-0.05, 0) is 81.5 Å². The van der Waals surface area contributed by atoms with Gasteiger partial charge in [-0.25, -0.2) is 0 Å². The van der Waals surface area contributed by atoms with Gasteiger partial charge in [0.2, 0.25) is 0 Å². The van der Waals surface area contributed by atoms with E-state index in [0.29, 0.717) is 0 Å². The lowest BCUT2D eigenvalue weighted by Crippen LogP contribution is -1.95. The fourth-order valence-corrected chi connectivity index (χ4v) is 5.37. The fraction of sp³-hybridized carbons (Fsp3) is 0.188. The Morgan fingerprint density at radius 1 is 0.394 bits per heavy atom. The molecule has 0 nitrogen and oxygen atoms in total. The van der Waals surface area contributed by atoms with Crippen molar-refractivity contribution in [3.05, 3.63) is 131 Å². The second kappa shape index (κ2) is 10.5. The maximum atomic E-state index is 2.44. The molecule has 1 heteroatoms. The van der Waals surface area contributed by atoms with Crippen LogP contribution >= 0.6 is 22.6 Å². The summed E-state index contributed by atoms with van der Waals surface area (Å²) in [6, 6.07) is 38.4. The van der Waals surface area contributed by atoms with Crippen molar-refractivity contribution in [2.24, 2.45) is 0 Å². The van der Waals surface area contributed by atoms with Gasteiger partial charge in [0.15, 0.2) is 0 Å². The molecule has 0 amide bonds. The van der Waals surface area contributed by atoms with Gasteiger partial charge >= 0.3 is 0 Å². The van der Waals surface area contributed by atoms with Crippen LogP contribution in [-0.2, 0) is 32.1 Å². The molecule has 5 aromatic carbocycles. The topological polar surface area (TPSA) is 0 Å². The molecule has 0 N–H and O–H groups in total. The van der Waals surface area contributed by atoms with E-state index in [0.717, 1.165) is 32.1 Å². The van der Waals surface area contributed by atoms with E-state index in [9.17, 15) is 0 Å². The average Bonchev–Trinajstić information content (AvgIpc) is 2.87. The third-order valence-corrected chi connectivity index (χ3v) is 7.23. The number of hydrogen-bond acceptors (Lipinski definition) is 0. The highest BCUT2D eigenvalue weighted by atomic mass is 127. The average molecular weight is 540 g/mol. The zero-order chi connectivity index (χ0) is 22.5. The Labute approximate surface area is 210 Å². The van der Waals surface area contributed by atoms with Crippen LogP contribution in [0.25, 0.3) is 21.5 Å². The minimum absolute atomic E-state index is 1.07. The van der Waals surface area contributed by atoms with Crippen LogP contribution in [0, 0.1) is 0 Å². The van der Waals surface area contributed by atoms with Crippen molar-refractivity contribution in [2.75, 3.05) is 4.43 Å². The number of benzene rings is 5. The molecule has 0 fully saturated rings. The first kappa shape index (κ1) is 22.2. The zero-order valence-corrected chi connectivity index (χ0v) is 21.1. The third-order valence-electron chi connectivity index (χ3n) is 6.69. The molecular weight excluding hydrogens is 511 g/mol. The summed E-state index contributed by atoms with van der Waals surface area (Å²) in [4.78, 5) is 0. The summed E-state index contributed by atoms with van der Waals surface area (Å²) < 4.78 is 1.18. The molecule has 5 rings (SSSR count). The highest BCUT2D eigenvalue weighted by Crippen LogP contribution is 2.28. The van der Waals surface area contributed by atoms with Gasteiger partial charge in [0, 0.05) is 4.43 Å². The Kier molecular flexibility index (Phi) is 7.06. The second-order valence-corrected chi connectivity index (χ2v) is 9.95. The molecule has 0 unspecified atom stereocenters. The normalized spacial score (nSPS) is 11.3. The van der Waals surface area contributed by atoms with E-state index in [-0.39, 0.29) is 0 Å². The highest BCUT2D eigenvalue weighted by Gasteiger charge is 2.05. The molecule has 5 aromatic rings. The number of rotatable bonds is 8. The first-order valence-electron chi connectivity index (χ1n) is 11.9. The maximum Gasteiger partial charge on any atom is 0.00358 e. The molecule has 0 saturated carbocycles. The lowest BCUT2D eigenvalue weighted by molar-refractivity contribution is 0.942. The molecule has 0 aliphatic rings. The van der Waals surface area contributed by atoms with Crippen molar-refractivity contribution < 1.29 is 0 Å². The molecule has 0 radical (unpaired) electrons. The Hall–Kier alpha value is -2.65. The van der Waals surface area contributed by atoms with Crippen molar-refractivity contribution >= 4 is 44.1 Å². The van der Waals surface area contributed by atoms with E-state index < -0.39 is 0 Å². The largest absolute Gasteiger partial charge is 0.0860 e. The minimum atomic E-state index is 1.07. The predicted molar refractivity (Wildman–Crippen MR) is 152 cm³/mol. The number of hydrogen-bond donors (Lipinski definition) is 0. The van der Waals surface area contributed by atoms with Gasteiger partial charge < -0.3 is 0 Å². The quantitative estimate of drug-likeness (QED) is 0.105. The van der Waals surface area contributed by atoms with Crippen molar-refractivity contribution in [1.29, 1.82) is 0 Å². The van der Waals surface area contributed by atoms with E-state index in [2.05, 4.69) is 126 Å². The van der Waals surface area contributed by atoms with Crippen molar-refractivity contribution in [3.8, 4) is 0 Å². The van der Waals surface area contributed by atoms with Crippen LogP contribution < -0.4 is 0 Å². The smallest absolute Gasteiger partial charge is 0.00358 e. The minimum Gasteiger partial charge on any atom is -0.0860 e. The molecule has 0 bridgehead atoms. The Balaban J connectivity index is 1.23. The summed E-state index contributed by atoms with van der Waals surface area (Å²) in [7, 11) is 0. The number of halogens is 1. The Bertz CT molecular complexity index is 1350. The van der Waals surface area contributed by atoms with E-state index in [4.69, 9.17) is 0 Å². The van der Waals surface area contributed by atoms with Gasteiger partial charge in [0.25, 0.3) is 0 Å². The van der Waals surface area contributed by atoms with Crippen LogP contribution in [0.4, 0.5) is 0 Å². The van der Waals surface area contributed by atoms with Crippen LogP contribution in [-0.4, -0.2) is 4.43 Å². The first-order valence-corrected chi connectivity index (χ1v) is 13.4. The number of fused-ring (bicyclic) bond motifs is 3. The van der Waals surface area contributed by atoms with Gasteiger partial charge in [-0.15, -0.1) is 0 Å². The summed E-state index contributed by atoms with van der Waals surface area (Å²) >= 11 is 2.44. The van der Waals surface area contributed by atoms with Crippen LogP contribution in [0.3, 0.4) is 0 Å². The molecule has 0 aliphatic carbocycles. The van der Waals surface area contributed by atoms with Crippen molar-refractivity contribution in [3.63, 3.8) is 0 Å². The summed E-state index contributed by atoms with van der Waals surface area (Å²) in [5, 5.41) is 5.41. The van der Waals surface area contributed by atoms with Crippen LogP contribution in [0.5, 0.6) is 0 Å². The molecule has 0 spiro atoms. The lowest BCUT2D eigenvalue weighted by Gasteiger charge is -2.10. The number of aryl methyl sites for hydroxylation is 5. The van der Waals surface area contributed by atoms with Crippen molar-refractivity contribution in [1.82, 2.24) is 0 Å². The predicted octanol–water partition coefficient (Wildman–Crippen LogP) is 8.54. The highest BCUT2D eigenvalue weighted by molar-refractivity contribution is 14.1. The summed E-state index contributed by atoms with van der Waals surface area (Å²) in [5.74, 6) is 0. The monoisotopic (exact) mass is 540 g/mol. The van der Waals surface area contributed by atoms with Crippen molar-refractivity contribution in [2.45, 2.75) is 32.1 Å². The Morgan fingerprint density at radius 3 is 1.58 bits per heavy atom. The van der Waals surface area contributed by atoms with Gasteiger partial charge in [-0.1, -0.05) is 126 Å². The Morgan fingerprint density at radius 2 is 0.939 bits per heavy atom. The number of alkyl halides is 1. The van der Waals surface area contributed by atoms with Crippen LogP contribution in [0.2, 0.25) is 0 Å². The maximum absolute atomic E-state index is 2.44. The van der Waals surface area contributed by atoms with E-state index in [1.807, 2.05) is 0 Å². The summed E-state index contributed by atoms with van der Waals surface area (Å²) in [5.41, 5.74) is 7.15. The SMILES string of the molecule is ICCc1ccc(CCc2ccc(CCc3cccc4c3ccc3ccccc34)cc2)cc1. The van der Waals surface area contributed by atoms with Gasteiger partial charge in [-0.2, -0.15) is 0 Å². The molecule has 0 heterocycles. The van der Waals surface area contributed by atoms with E-state index in [1.165, 1.54) is 53.8 Å².